The summed E-state index contributed by atoms with van der Waals surface area (Å²) < 4.78 is 28.7. The van der Waals surface area contributed by atoms with Crippen LogP contribution in [-0.4, -0.2) is 43.2 Å². The first-order chi connectivity index (χ1) is 11.3. The summed E-state index contributed by atoms with van der Waals surface area (Å²) >= 11 is 0. The van der Waals surface area contributed by atoms with Crippen LogP contribution in [0.4, 0.5) is 4.79 Å². The highest BCUT2D eigenvalue weighted by atomic mass is 31.2. The number of carbonyl (C=O) groups excluding carboxylic acids is 2. The molecule has 1 amide bonds. The standard InChI is InChI=1S/C16H33N2O6P/c1-9-23-25(21,18-12(4)14(19)22-8)13(10-11(2)3)17-15(20)24-16(5,6)7/h11-13H,9-10H2,1-8H3,(H,17,20)(H,18,21). The fraction of sp³-hybridized carbons (Fsp3) is 0.875. The first-order valence-corrected chi connectivity index (χ1v) is 10.1. The molecule has 0 spiro atoms. The van der Waals surface area contributed by atoms with Gasteiger partial charge in [0.05, 0.1) is 13.7 Å². The molecule has 0 aromatic carbocycles. The van der Waals surface area contributed by atoms with E-state index >= 15 is 0 Å². The number of alkyl carbamates (subject to hydrolysis) is 1. The summed E-state index contributed by atoms with van der Waals surface area (Å²) in [6.45, 7) is 12.5. The smallest absolute Gasteiger partial charge is 0.408 e. The number of rotatable bonds is 9. The van der Waals surface area contributed by atoms with E-state index in [1.54, 1.807) is 27.7 Å². The van der Waals surface area contributed by atoms with E-state index < -0.39 is 37.0 Å². The van der Waals surface area contributed by atoms with Gasteiger partial charge in [0, 0.05) is 0 Å². The van der Waals surface area contributed by atoms with Crippen LogP contribution in [0.3, 0.4) is 0 Å². The van der Waals surface area contributed by atoms with E-state index in [0.29, 0.717) is 6.42 Å². The van der Waals surface area contributed by atoms with Gasteiger partial charge in [-0.3, -0.25) is 9.36 Å². The molecule has 0 aliphatic rings. The summed E-state index contributed by atoms with van der Waals surface area (Å²) in [5, 5.41) is 5.34. The van der Waals surface area contributed by atoms with Gasteiger partial charge in [-0.15, -0.1) is 0 Å². The fourth-order valence-corrected chi connectivity index (χ4v) is 4.52. The molecule has 148 valence electrons. The number of carbonyl (C=O) groups is 2. The first kappa shape index (κ1) is 23.9. The first-order valence-electron chi connectivity index (χ1n) is 8.44. The Kier molecular flexibility index (Phi) is 9.69. The van der Waals surface area contributed by atoms with Crippen molar-refractivity contribution < 1.29 is 28.2 Å². The van der Waals surface area contributed by atoms with Crippen molar-refractivity contribution >= 4 is 19.6 Å². The molecule has 0 saturated heterocycles. The van der Waals surface area contributed by atoms with Crippen molar-refractivity contribution in [3.63, 3.8) is 0 Å². The van der Waals surface area contributed by atoms with Crippen LogP contribution in [0.25, 0.3) is 0 Å². The Morgan fingerprint density at radius 1 is 1.16 bits per heavy atom. The minimum absolute atomic E-state index is 0.129. The second-order valence-corrected chi connectivity index (χ2v) is 9.51. The van der Waals surface area contributed by atoms with Gasteiger partial charge in [-0.05, 0) is 47.0 Å². The van der Waals surface area contributed by atoms with Crippen molar-refractivity contribution in [3.05, 3.63) is 0 Å². The lowest BCUT2D eigenvalue weighted by Crippen LogP contribution is -2.45. The molecule has 0 fully saturated rings. The summed E-state index contributed by atoms with van der Waals surface area (Å²) in [6, 6.07) is -0.850. The van der Waals surface area contributed by atoms with Crippen LogP contribution in [0.15, 0.2) is 0 Å². The Morgan fingerprint density at radius 3 is 2.12 bits per heavy atom. The van der Waals surface area contributed by atoms with Crippen molar-refractivity contribution in [1.82, 2.24) is 10.4 Å². The highest BCUT2D eigenvalue weighted by molar-refractivity contribution is 7.57. The van der Waals surface area contributed by atoms with Crippen LogP contribution < -0.4 is 10.4 Å². The number of hydrogen-bond acceptors (Lipinski definition) is 6. The molecule has 0 heterocycles. The largest absolute Gasteiger partial charge is 0.468 e. The van der Waals surface area contributed by atoms with Crippen LogP contribution in [0.1, 0.15) is 54.9 Å². The second kappa shape index (κ2) is 10.1. The van der Waals surface area contributed by atoms with Crippen LogP contribution in [-0.2, 0) is 23.4 Å². The third kappa shape index (κ3) is 9.23. The lowest BCUT2D eigenvalue weighted by atomic mass is 10.1. The lowest BCUT2D eigenvalue weighted by Gasteiger charge is -2.31. The molecule has 8 nitrogen and oxygen atoms in total. The third-order valence-electron chi connectivity index (χ3n) is 3.04. The molecule has 0 rings (SSSR count). The molecule has 9 heteroatoms. The minimum atomic E-state index is -3.59. The maximum absolute atomic E-state index is 13.4. The third-order valence-corrected chi connectivity index (χ3v) is 5.59. The molecule has 0 bridgehead atoms. The van der Waals surface area contributed by atoms with E-state index in [9.17, 15) is 14.2 Å². The van der Waals surface area contributed by atoms with Gasteiger partial charge in [-0.25, -0.2) is 9.88 Å². The second-order valence-electron chi connectivity index (χ2n) is 7.18. The molecule has 0 radical (unpaired) electrons. The number of amides is 1. The molecule has 0 aliphatic carbocycles. The normalized spacial score (nSPS) is 16.7. The van der Waals surface area contributed by atoms with Crippen molar-refractivity contribution in [2.24, 2.45) is 5.92 Å². The summed E-state index contributed by atoms with van der Waals surface area (Å²) in [4.78, 5) is 23.8. The van der Waals surface area contributed by atoms with Gasteiger partial charge in [-0.2, -0.15) is 0 Å². The number of hydrogen-bond donors (Lipinski definition) is 2. The average molecular weight is 380 g/mol. The predicted molar refractivity (Wildman–Crippen MR) is 96.5 cm³/mol. The summed E-state index contributed by atoms with van der Waals surface area (Å²) in [5.41, 5.74) is -0.686. The number of esters is 1. The van der Waals surface area contributed by atoms with E-state index in [1.807, 2.05) is 13.8 Å². The van der Waals surface area contributed by atoms with Crippen LogP contribution in [0, 0.1) is 5.92 Å². The Hall–Kier alpha value is -1.11. The molecule has 0 aliphatic heterocycles. The van der Waals surface area contributed by atoms with E-state index in [4.69, 9.17) is 9.26 Å². The zero-order valence-electron chi connectivity index (χ0n) is 16.5. The molecule has 0 aromatic heterocycles. The Balaban J connectivity index is 5.46. The Morgan fingerprint density at radius 2 is 1.72 bits per heavy atom. The van der Waals surface area contributed by atoms with Crippen molar-refractivity contribution in [1.29, 1.82) is 0 Å². The van der Waals surface area contributed by atoms with Gasteiger partial charge >= 0.3 is 12.1 Å². The van der Waals surface area contributed by atoms with Gasteiger partial charge in [0.2, 0.25) is 0 Å². The zero-order chi connectivity index (χ0) is 19.8. The van der Waals surface area contributed by atoms with Crippen molar-refractivity contribution in [3.8, 4) is 0 Å². The van der Waals surface area contributed by atoms with E-state index in [1.165, 1.54) is 14.0 Å². The topological polar surface area (TPSA) is 103 Å². The van der Waals surface area contributed by atoms with Crippen molar-refractivity contribution in [2.75, 3.05) is 13.7 Å². The lowest BCUT2D eigenvalue weighted by molar-refractivity contribution is -0.142. The van der Waals surface area contributed by atoms with Gasteiger partial charge in [0.1, 0.15) is 17.4 Å². The zero-order valence-corrected chi connectivity index (χ0v) is 17.4. The average Bonchev–Trinajstić information content (AvgIpc) is 2.43. The molecule has 2 N–H and O–H groups in total. The summed E-state index contributed by atoms with van der Waals surface area (Å²) in [7, 11) is -2.34. The quantitative estimate of drug-likeness (QED) is 0.467. The summed E-state index contributed by atoms with van der Waals surface area (Å²) in [6.07, 6.45) is -0.303. The van der Waals surface area contributed by atoms with Crippen LogP contribution in [0.2, 0.25) is 0 Å². The molecule has 0 saturated carbocycles. The number of nitrogens with one attached hydrogen (secondary N) is 2. The van der Waals surface area contributed by atoms with Gasteiger partial charge in [-0.1, -0.05) is 13.8 Å². The van der Waals surface area contributed by atoms with Gasteiger partial charge in [0.25, 0.3) is 7.52 Å². The van der Waals surface area contributed by atoms with Crippen LogP contribution in [0.5, 0.6) is 0 Å². The molecular weight excluding hydrogens is 347 g/mol. The highest BCUT2D eigenvalue weighted by Crippen LogP contribution is 2.49. The maximum atomic E-state index is 13.4. The predicted octanol–water partition coefficient (Wildman–Crippen LogP) is 3.26. The maximum Gasteiger partial charge on any atom is 0.408 e. The Labute approximate surface area is 150 Å². The van der Waals surface area contributed by atoms with Crippen LogP contribution >= 0.6 is 7.52 Å². The monoisotopic (exact) mass is 380 g/mol. The van der Waals surface area contributed by atoms with Gasteiger partial charge in [0.15, 0.2) is 0 Å². The van der Waals surface area contributed by atoms with Crippen molar-refractivity contribution in [2.45, 2.75) is 72.3 Å². The number of ether oxygens (including phenoxy) is 2. The molecular formula is C16H33N2O6P. The molecule has 25 heavy (non-hydrogen) atoms. The fourth-order valence-electron chi connectivity index (χ4n) is 2.08. The van der Waals surface area contributed by atoms with E-state index in [0.717, 1.165) is 0 Å². The molecule has 3 unspecified atom stereocenters. The van der Waals surface area contributed by atoms with E-state index in [-0.39, 0.29) is 12.5 Å². The Bertz CT molecular complexity index is 490. The molecule has 3 atom stereocenters. The summed E-state index contributed by atoms with van der Waals surface area (Å²) in [5.74, 6) is -1.28. The molecule has 0 aromatic rings. The van der Waals surface area contributed by atoms with Gasteiger partial charge < -0.3 is 19.3 Å². The van der Waals surface area contributed by atoms with E-state index in [2.05, 4.69) is 15.1 Å². The highest BCUT2D eigenvalue weighted by Gasteiger charge is 2.39. The minimum Gasteiger partial charge on any atom is -0.468 e. The SMILES string of the molecule is CCOP(=O)(NC(C)C(=O)OC)C(CC(C)C)NC(=O)OC(C)(C)C. The number of methoxy groups -OCH3 is 1.